The van der Waals surface area contributed by atoms with Gasteiger partial charge in [-0.05, 0) is 49.8 Å². The number of amides is 1. The largest absolute Gasteiger partial charge is 0.460 e. The first-order chi connectivity index (χ1) is 19.2. The number of pyridine rings is 1. The molecule has 3 aliphatic rings. The van der Waals surface area contributed by atoms with Crippen LogP contribution in [0.25, 0.3) is 10.9 Å². The molecule has 2 fully saturated rings. The Labute approximate surface area is 236 Å². The minimum Gasteiger partial charge on any atom is -0.460 e. The smallest absolute Gasteiger partial charge is 0.346 e. The molecule has 11 nitrogen and oxygen atoms in total. The van der Waals surface area contributed by atoms with Crippen molar-refractivity contribution >= 4 is 57.5 Å². The summed E-state index contributed by atoms with van der Waals surface area (Å²) in [6.45, 7) is 1.58. The summed E-state index contributed by atoms with van der Waals surface area (Å²) < 4.78 is 6.95. The zero-order chi connectivity index (χ0) is 28.1. The van der Waals surface area contributed by atoms with Crippen LogP contribution in [0.1, 0.15) is 36.0 Å². The molecule has 1 atom stereocenters. The molecule has 0 spiro atoms. The van der Waals surface area contributed by atoms with Crippen molar-refractivity contribution in [3.8, 4) is 0 Å². The summed E-state index contributed by atoms with van der Waals surface area (Å²) in [5.74, 6) is 0.949. The van der Waals surface area contributed by atoms with E-state index in [0.29, 0.717) is 52.7 Å². The Morgan fingerprint density at radius 1 is 1.18 bits per heavy atom. The summed E-state index contributed by atoms with van der Waals surface area (Å²) >= 11 is 6.49. The fourth-order valence-corrected chi connectivity index (χ4v) is 5.75. The van der Waals surface area contributed by atoms with Gasteiger partial charge in [0.15, 0.2) is 5.82 Å². The lowest BCUT2D eigenvalue weighted by atomic mass is 9.96. The van der Waals surface area contributed by atoms with Gasteiger partial charge < -0.3 is 29.7 Å². The molecule has 1 amide bonds. The first kappa shape index (κ1) is 26.4. The number of nitrogens with one attached hydrogen (secondary N) is 2. The van der Waals surface area contributed by atoms with Gasteiger partial charge in [-0.25, -0.2) is 9.78 Å². The second kappa shape index (κ2) is 10.3. The molecule has 1 aromatic carbocycles. The number of aromatic nitrogens is 3. The summed E-state index contributed by atoms with van der Waals surface area (Å²) in [6.07, 6.45) is 5.17. The van der Waals surface area contributed by atoms with Crippen LogP contribution >= 0.6 is 11.6 Å². The number of nitrogens with zero attached hydrogens (tertiary/aromatic N) is 5. The van der Waals surface area contributed by atoms with Crippen LogP contribution in [0.15, 0.2) is 29.2 Å². The third-order valence-corrected chi connectivity index (χ3v) is 8.35. The molecule has 1 aliphatic carbocycles. The fraction of sp³-hybridized carbons (Fsp3) is 0.464. The highest BCUT2D eigenvalue weighted by Gasteiger charge is 2.37. The standard InChI is InChI=1S/C28H32ClN7O4/c1-34(2)25(37)16-8-10-36(11-9-16)28-30-13-19(29)24(33-28)31-17-6-7-21-18(12-17)23-22(26(38)35(21)3)27(39)40-14-20(32-23)15-4-5-15/h6-7,12-13,15-16,20,32H,4-5,8-11,14H2,1-3H3,(H,30,31,33)/t20-/m1/s1. The van der Waals surface area contributed by atoms with Crippen molar-refractivity contribution in [2.45, 2.75) is 31.7 Å². The maximum atomic E-state index is 13.1. The lowest BCUT2D eigenvalue weighted by Gasteiger charge is -2.32. The number of rotatable bonds is 5. The molecule has 6 rings (SSSR count). The van der Waals surface area contributed by atoms with Crippen LogP contribution in [0.4, 0.5) is 23.1 Å². The lowest BCUT2D eigenvalue weighted by Crippen LogP contribution is -2.40. The molecule has 0 bridgehead atoms. The maximum absolute atomic E-state index is 13.1. The normalized spacial score (nSPS) is 19.4. The molecule has 2 aliphatic heterocycles. The number of esters is 1. The molecule has 1 saturated carbocycles. The van der Waals surface area contributed by atoms with Gasteiger partial charge in [-0.15, -0.1) is 0 Å². The minimum atomic E-state index is -0.606. The van der Waals surface area contributed by atoms with E-state index in [9.17, 15) is 14.4 Å². The molecular formula is C28H32ClN7O4. The predicted octanol–water partition coefficient (Wildman–Crippen LogP) is 3.39. The van der Waals surface area contributed by atoms with E-state index in [2.05, 4.69) is 20.5 Å². The second-order valence-corrected chi connectivity index (χ2v) is 11.4. The zero-order valence-corrected chi connectivity index (χ0v) is 23.5. The number of ether oxygens (including phenoxy) is 1. The van der Waals surface area contributed by atoms with Crippen LogP contribution in [0.3, 0.4) is 0 Å². The van der Waals surface area contributed by atoms with E-state index in [1.54, 1.807) is 32.2 Å². The van der Waals surface area contributed by atoms with Gasteiger partial charge >= 0.3 is 5.97 Å². The SMILES string of the molecule is CN(C)C(=O)C1CCN(c2ncc(Cl)c(Nc3ccc4c(c3)c3c(c(=O)n4C)C(=O)OC[C@H](C4CC4)N3)n2)CC1. The van der Waals surface area contributed by atoms with Crippen molar-refractivity contribution in [1.29, 1.82) is 0 Å². The molecule has 2 N–H and O–H groups in total. The number of benzene rings is 1. The van der Waals surface area contributed by atoms with Gasteiger partial charge in [0.25, 0.3) is 5.56 Å². The van der Waals surface area contributed by atoms with Crippen molar-refractivity contribution in [3.63, 3.8) is 0 Å². The lowest BCUT2D eigenvalue weighted by molar-refractivity contribution is -0.133. The molecule has 40 heavy (non-hydrogen) atoms. The van der Waals surface area contributed by atoms with Gasteiger partial charge in [0.05, 0.1) is 23.4 Å². The Kier molecular flexibility index (Phi) is 6.77. The topological polar surface area (TPSA) is 122 Å². The van der Waals surface area contributed by atoms with E-state index in [1.165, 1.54) is 4.57 Å². The van der Waals surface area contributed by atoms with E-state index in [4.69, 9.17) is 21.3 Å². The maximum Gasteiger partial charge on any atom is 0.346 e. The molecule has 2 aromatic heterocycles. The molecule has 3 aromatic rings. The van der Waals surface area contributed by atoms with Crippen molar-refractivity contribution in [3.05, 3.63) is 45.3 Å². The highest BCUT2D eigenvalue weighted by atomic mass is 35.5. The van der Waals surface area contributed by atoms with Crippen molar-refractivity contribution in [2.24, 2.45) is 18.9 Å². The average molecular weight is 566 g/mol. The first-order valence-corrected chi connectivity index (χ1v) is 13.9. The third-order valence-electron chi connectivity index (χ3n) is 8.08. The van der Waals surface area contributed by atoms with E-state index in [1.807, 2.05) is 18.2 Å². The number of anilines is 4. The van der Waals surface area contributed by atoms with E-state index in [-0.39, 0.29) is 30.0 Å². The predicted molar refractivity (Wildman–Crippen MR) is 154 cm³/mol. The van der Waals surface area contributed by atoms with Crippen molar-refractivity contribution in [2.75, 3.05) is 49.3 Å². The van der Waals surface area contributed by atoms with E-state index >= 15 is 0 Å². The zero-order valence-electron chi connectivity index (χ0n) is 22.7. The molecule has 4 heterocycles. The van der Waals surface area contributed by atoms with E-state index < -0.39 is 11.5 Å². The number of hydrogen-bond donors (Lipinski definition) is 2. The highest BCUT2D eigenvalue weighted by molar-refractivity contribution is 6.33. The second-order valence-electron chi connectivity index (χ2n) is 11.0. The minimum absolute atomic E-state index is 0.00485. The van der Waals surface area contributed by atoms with Gasteiger partial charge in [0, 0.05) is 51.2 Å². The highest BCUT2D eigenvalue weighted by Crippen LogP contribution is 2.38. The fourth-order valence-electron chi connectivity index (χ4n) is 5.61. The van der Waals surface area contributed by atoms with Gasteiger partial charge in [0.2, 0.25) is 11.9 Å². The Morgan fingerprint density at radius 2 is 1.93 bits per heavy atom. The number of cyclic esters (lactones) is 1. The van der Waals surface area contributed by atoms with Crippen LogP contribution in [0, 0.1) is 11.8 Å². The number of piperidine rings is 1. The van der Waals surface area contributed by atoms with Gasteiger partial charge in [-0.1, -0.05) is 11.6 Å². The van der Waals surface area contributed by atoms with Crippen LogP contribution in [0.2, 0.25) is 5.02 Å². The number of carbonyl (C=O) groups excluding carboxylic acids is 2. The van der Waals surface area contributed by atoms with Gasteiger partial charge in [-0.2, -0.15) is 4.98 Å². The number of fused-ring (bicyclic) bond motifs is 3. The molecule has 12 heteroatoms. The van der Waals surface area contributed by atoms with Crippen LogP contribution < -0.4 is 21.1 Å². The third kappa shape index (κ3) is 4.83. The number of hydrogen-bond acceptors (Lipinski definition) is 9. The van der Waals surface area contributed by atoms with Gasteiger partial charge in [-0.3, -0.25) is 9.59 Å². The Hall–Kier alpha value is -3.86. The average Bonchev–Trinajstić information content (AvgIpc) is 3.80. The Bertz CT molecular complexity index is 1560. The Morgan fingerprint density at radius 3 is 2.62 bits per heavy atom. The van der Waals surface area contributed by atoms with Crippen molar-refractivity contribution < 1.29 is 14.3 Å². The number of carbonyl (C=O) groups is 2. The van der Waals surface area contributed by atoms with Gasteiger partial charge in [0.1, 0.15) is 17.2 Å². The summed E-state index contributed by atoms with van der Waals surface area (Å²) in [5.41, 5.74) is 1.52. The molecule has 1 saturated heterocycles. The summed E-state index contributed by atoms with van der Waals surface area (Å²) in [5, 5.41) is 7.85. The first-order valence-electron chi connectivity index (χ1n) is 13.6. The summed E-state index contributed by atoms with van der Waals surface area (Å²) in [7, 11) is 5.22. The van der Waals surface area contributed by atoms with Crippen LogP contribution in [-0.4, -0.2) is 71.1 Å². The quantitative estimate of drug-likeness (QED) is 0.448. The number of halogens is 1. The summed E-state index contributed by atoms with van der Waals surface area (Å²) in [6, 6.07) is 5.54. The van der Waals surface area contributed by atoms with Crippen LogP contribution in [-0.2, 0) is 16.6 Å². The molecule has 0 unspecified atom stereocenters. The molecular weight excluding hydrogens is 534 g/mol. The van der Waals surface area contributed by atoms with E-state index in [0.717, 1.165) is 31.1 Å². The van der Waals surface area contributed by atoms with Crippen molar-refractivity contribution in [1.82, 2.24) is 19.4 Å². The Balaban J connectivity index is 1.30. The number of aryl methyl sites for hydroxylation is 1. The summed E-state index contributed by atoms with van der Waals surface area (Å²) in [4.78, 5) is 51.2. The monoisotopic (exact) mass is 565 g/mol. The van der Waals surface area contributed by atoms with Crippen LogP contribution in [0.5, 0.6) is 0 Å². The molecule has 0 radical (unpaired) electrons. The molecule has 210 valence electrons.